The smallest absolute Gasteiger partial charge is 0.233 e. The van der Waals surface area contributed by atoms with Gasteiger partial charge in [0.1, 0.15) is 0 Å². The number of hydrogen-bond donors (Lipinski definition) is 0. The Balaban J connectivity index is 1.30. The highest BCUT2D eigenvalue weighted by Gasteiger charge is 2.48. The van der Waals surface area contributed by atoms with Gasteiger partial charge in [0.2, 0.25) is 17.7 Å². The van der Waals surface area contributed by atoms with Gasteiger partial charge in [-0.25, -0.2) is 0 Å². The standard InChI is InChI=1S/C24H30N2O3/c27-22(14-15-25-23(28)19-9-3-4-10-20(19)24(25)29)26(17-12-13-17)21-11-5-7-16-6-1-2-8-18(16)21/h1-2,6,8,17,19-21H,3-5,7,9-15H2. The van der Waals surface area contributed by atoms with Gasteiger partial charge in [-0.15, -0.1) is 0 Å². The Kier molecular flexibility index (Phi) is 4.92. The van der Waals surface area contributed by atoms with Gasteiger partial charge in [-0.1, -0.05) is 37.1 Å². The molecule has 3 atom stereocenters. The van der Waals surface area contributed by atoms with Gasteiger partial charge in [-0.3, -0.25) is 19.3 Å². The molecule has 0 bridgehead atoms. The number of carbonyl (C=O) groups is 3. The van der Waals surface area contributed by atoms with Crippen molar-refractivity contribution in [2.75, 3.05) is 6.54 Å². The summed E-state index contributed by atoms with van der Waals surface area (Å²) < 4.78 is 0. The summed E-state index contributed by atoms with van der Waals surface area (Å²) in [5.41, 5.74) is 2.65. The van der Waals surface area contributed by atoms with Crippen LogP contribution in [0.3, 0.4) is 0 Å². The number of imide groups is 1. The zero-order valence-corrected chi connectivity index (χ0v) is 17.0. The van der Waals surface area contributed by atoms with E-state index in [4.69, 9.17) is 0 Å². The van der Waals surface area contributed by atoms with Crippen molar-refractivity contribution in [3.63, 3.8) is 0 Å². The van der Waals surface area contributed by atoms with Crippen molar-refractivity contribution in [3.05, 3.63) is 35.4 Å². The number of benzene rings is 1. The van der Waals surface area contributed by atoms with Crippen LogP contribution in [0, 0.1) is 11.8 Å². The maximum Gasteiger partial charge on any atom is 0.233 e. The maximum absolute atomic E-state index is 13.3. The molecular formula is C24H30N2O3. The van der Waals surface area contributed by atoms with Crippen LogP contribution in [0.4, 0.5) is 0 Å². The molecule has 0 N–H and O–H groups in total. The fourth-order valence-electron chi connectivity index (χ4n) is 5.79. The molecule has 1 aromatic rings. The van der Waals surface area contributed by atoms with Crippen molar-refractivity contribution in [2.24, 2.45) is 11.8 Å². The van der Waals surface area contributed by atoms with Crippen LogP contribution in [0.1, 0.15) is 75.0 Å². The van der Waals surface area contributed by atoms with Gasteiger partial charge in [0, 0.05) is 19.0 Å². The number of likely N-dealkylation sites (tertiary alicyclic amines) is 1. The van der Waals surface area contributed by atoms with Gasteiger partial charge >= 0.3 is 0 Å². The molecule has 154 valence electrons. The minimum absolute atomic E-state index is 0.0338. The van der Waals surface area contributed by atoms with Crippen LogP contribution < -0.4 is 0 Å². The molecule has 0 aromatic heterocycles. The number of nitrogens with zero attached hydrogens (tertiary/aromatic N) is 2. The van der Waals surface area contributed by atoms with Crippen molar-refractivity contribution in [2.45, 2.75) is 76.3 Å². The van der Waals surface area contributed by atoms with E-state index < -0.39 is 0 Å². The quantitative estimate of drug-likeness (QED) is 0.717. The van der Waals surface area contributed by atoms with E-state index in [2.05, 4.69) is 29.2 Å². The predicted molar refractivity (Wildman–Crippen MR) is 109 cm³/mol. The third-order valence-electron chi connectivity index (χ3n) is 7.38. The lowest BCUT2D eigenvalue weighted by atomic mass is 9.81. The molecule has 0 radical (unpaired) electrons. The average molecular weight is 395 g/mol. The maximum atomic E-state index is 13.3. The lowest BCUT2D eigenvalue weighted by molar-refractivity contribution is -0.141. The fraction of sp³-hybridized carbons (Fsp3) is 0.625. The predicted octanol–water partition coefficient (Wildman–Crippen LogP) is 3.62. The van der Waals surface area contributed by atoms with E-state index >= 15 is 0 Å². The first-order valence-electron chi connectivity index (χ1n) is 11.4. The van der Waals surface area contributed by atoms with E-state index in [0.717, 1.165) is 57.8 Å². The van der Waals surface area contributed by atoms with Crippen LogP contribution in [0.15, 0.2) is 24.3 Å². The zero-order chi connectivity index (χ0) is 20.0. The van der Waals surface area contributed by atoms with E-state index in [9.17, 15) is 14.4 Å². The molecule has 2 saturated carbocycles. The van der Waals surface area contributed by atoms with E-state index in [1.807, 2.05) is 0 Å². The summed E-state index contributed by atoms with van der Waals surface area (Å²) in [7, 11) is 0. The van der Waals surface area contributed by atoms with Crippen LogP contribution >= 0.6 is 0 Å². The first kappa shape index (κ1) is 18.8. The van der Waals surface area contributed by atoms with Crippen molar-refractivity contribution in [1.82, 2.24) is 9.80 Å². The highest BCUT2D eigenvalue weighted by atomic mass is 16.2. The molecule has 0 spiro atoms. The lowest BCUT2D eigenvalue weighted by Crippen LogP contribution is -2.41. The molecule has 5 nitrogen and oxygen atoms in total. The number of hydrogen-bond acceptors (Lipinski definition) is 3. The molecule has 1 saturated heterocycles. The number of aryl methyl sites for hydroxylation is 1. The molecular weight excluding hydrogens is 364 g/mol. The molecule has 29 heavy (non-hydrogen) atoms. The molecule has 5 heteroatoms. The first-order chi connectivity index (χ1) is 14.1. The Morgan fingerprint density at radius 1 is 0.931 bits per heavy atom. The molecule has 3 unspecified atom stereocenters. The number of carbonyl (C=O) groups excluding carboxylic acids is 3. The van der Waals surface area contributed by atoms with Crippen LogP contribution in [0.25, 0.3) is 0 Å². The lowest BCUT2D eigenvalue weighted by Gasteiger charge is -2.36. The number of fused-ring (bicyclic) bond motifs is 2. The summed E-state index contributed by atoms with van der Waals surface area (Å²) in [6.07, 6.45) is 9.29. The van der Waals surface area contributed by atoms with Gasteiger partial charge < -0.3 is 4.90 Å². The average Bonchev–Trinajstić information content (AvgIpc) is 3.55. The summed E-state index contributed by atoms with van der Waals surface area (Å²) in [4.78, 5) is 42.2. The van der Waals surface area contributed by atoms with E-state index in [1.54, 1.807) is 0 Å². The summed E-state index contributed by atoms with van der Waals surface area (Å²) in [5, 5.41) is 0. The summed E-state index contributed by atoms with van der Waals surface area (Å²) in [6, 6.07) is 8.96. The van der Waals surface area contributed by atoms with Gasteiger partial charge in [-0.05, 0) is 56.1 Å². The van der Waals surface area contributed by atoms with E-state index in [-0.39, 0.29) is 48.6 Å². The molecule has 5 rings (SSSR count). The van der Waals surface area contributed by atoms with Gasteiger partial charge in [0.25, 0.3) is 0 Å². The molecule has 4 aliphatic rings. The Labute approximate surface area is 172 Å². The second-order valence-corrected chi connectivity index (χ2v) is 9.21. The van der Waals surface area contributed by atoms with Crippen molar-refractivity contribution >= 4 is 17.7 Å². The minimum atomic E-state index is -0.129. The zero-order valence-electron chi connectivity index (χ0n) is 17.0. The SMILES string of the molecule is O=C1C2CCCCC2C(=O)N1CCC(=O)N(C1CC1)C1CCCc2ccccc21. The summed E-state index contributed by atoms with van der Waals surface area (Å²) in [5.74, 6) is -0.223. The molecule has 3 aliphatic carbocycles. The molecule has 1 aliphatic heterocycles. The van der Waals surface area contributed by atoms with E-state index in [0.29, 0.717) is 6.04 Å². The normalized spacial score (nSPS) is 28.8. The Morgan fingerprint density at radius 2 is 1.62 bits per heavy atom. The van der Waals surface area contributed by atoms with Crippen molar-refractivity contribution in [1.29, 1.82) is 0 Å². The van der Waals surface area contributed by atoms with Crippen LogP contribution in [0.2, 0.25) is 0 Å². The second kappa shape index (κ2) is 7.58. The van der Waals surface area contributed by atoms with Crippen LogP contribution in [-0.4, -0.2) is 40.1 Å². The first-order valence-corrected chi connectivity index (χ1v) is 11.4. The molecule has 3 amide bonds. The Hall–Kier alpha value is -2.17. The van der Waals surface area contributed by atoms with Gasteiger partial charge in [-0.2, -0.15) is 0 Å². The van der Waals surface area contributed by atoms with Gasteiger partial charge in [0.05, 0.1) is 17.9 Å². The molecule has 3 fully saturated rings. The highest BCUT2D eigenvalue weighted by molar-refractivity contribution is 6.05. The largest absolute Gasteiger partial charge is 0.333 e. The highest BCUT2D eigenvalue weighted by Crippen LogP contribution is 2.42. The Bertz CT molecular complexity index is 807. The Morgan fingerprint density at radius 3 is 2.31 bits per heavy atom. The summed E-state index contributed by atoms with van der Waals surface area (Å²) in [6.45, 7) is 0.251. The number of amides is 3. The van der Waals surface area contributed by atoms with Gasteiger partial charge in [0.15, 0.2) is 0 Å². The van der Waals surface area contributed by atoms with Crippen molar-refractivity contribution < 1.29 is 14.4 Å². The third kappa shape index (κ3) is 3.38. The fourth-order valence-corrected chi connectivity index (χ4v) is 5.79. The topological polar surface area (TPSA) is 57.7 Å². The van der Waals surface area contributed by atoms with Crippen LogP contribution in [0.5, 0.6) is 0 Å². The molecule has 1 heterocycles. The number of rotatable bonds is 5. The van der Waals surface area contributed by atoms with Crippen LogP contribution in [-0.2, 0) is 20.8 Å². The van der Waals surface area contributed by atoms with Crippen molar-refractivity contribution in [3.8, 4) is 0 Å². The summed E-state index contributed by atoms with van der Waals surface area (Å²) >= 11 is 0. The minimum Gasteiger partial charge on any atom is -0.333 e. The second-order valence-electron chi connectivity index (χ2n) is 9.21. The molecule has 1 aromatic carbocycles. The monoisotopic (exact) mass is 394 g/mol. The van der Waals surface area contributed by atoms with E-state index in [1.165, 1.54) is 16.0 Å². The third-order valence-corrected chi connectivity index (χ3v) is 7.38.